The lowest BCUT2D eigenvalue weighted by Gasteiger charge is -2.26. The maximum Gasteiger partial charge on any atom is 0.215 e. The standard InChI is InChI=1S/C14H20N4O/c1-3-19-11-7-6-9-12(17-11)18-13(16-9)14(2)8-4-5-10(14)15/h6-7,10H,3-5,8,15H2,1-2H3,(H,16,17,18). The van der Waals surface area contributed by atoms with Crippen molar-refractivity contribution < 1.29 is 4.74 Å². The molecule has 0 bridgehead atoms. The van der Waals surface area contributed by atoms with Gasteiger partial charge in [-0.25, -0.2) is 4.98 Å². The molecule has 2 aromatic rings. The van der Waals surface area contributed by atoms with Crippen LogP contribution in [0.4, 0.5) is 0 Å². The molecular weight excluding hydrogens is 240 g/mol. The number of aromatic amines is 1. The molecule has 5 heteroatoms. The number of nitrogens with one attached hydrogen (secondary N) is 1. The van der Waals surface area contributed by atoms with Gasteiger partial charge in [-0.15, -0.1) is 0 Å². The molecule has 102 valence electrons. The van der Waals surface area contributed by atoms with Crippen molar-refractivity contribution in [3.63, 3.8) is 0 Å². The van der Waals surface area contributed by atoms with Crippen LogP contribution in [0.15, 0.2) is 12.1 Å². The highest BCUT2D eigenvalue weighted by Crippen LogP contribution is 2.38. The summed E-state index contributed by atoms with van der Waals surface area (Å²) < 4.78 is 5.41. The summed E-state index contributed by atoms with van der Waals surface area (Å²) in [7, 11) is 0. The summed E-state index contributed by atoms with van der Waals surface area (Å²) in [6, 6.07) is 4.00. The van der Waals surface area contributed by atoms with Gasteiger partial charge in [-0.05, 0) is 25.8 Å². The first-order chi connectivity index (χ1) is 9.13. The Labute approximate surface area is 112 Å². The van der Waals surface area contributed by atoms with Crippen LogP contribution in [0.5, 0.6) is 5.88 Å². The zero-order chi connectivity index (χ0) is 13.5. The predicted molar refractivity (Wildman–Crippen MR) is 74.2 cm³/mol. The first kappa shape index (κ1) is 12.4. The molecule has 3 N–H and O–H groups in total. The van der Waals surface area contributed by atoms with E-state index in [0.29, 0.717) is 18.1 Å². The summed E-state index contributed by atoms with van der Waals surface area (Å²) in [6.45, 7) is 4.74. The number of imidazole rings is 1. The lowest BCUT2D eigenvalue weighted by Crippen LogP contribution is -2.39. The van der Waals surface area contributed by atoms with Gasteiger partial charge in [-0.3, -0.25) is 0 Å². The van der Waals surface area contributed by atoms with E-state index in [0.717, 1.165) is 30.6 Å². The quantitative estimate of drug-likeness (QED) is 0.886. The van der Waals surface area contributed by atoms with E-state index in [1.54, 1.807) is 0 Å². The molecule has 0 saturated heterocycles. The van der Waals surface area contributed by atoms with Crippen LogP contribution < -0.4 is 10.5 Å². The normalized spacial score (nSPS) is 27.0. The van der Waals surface area contributed by atoms with Crippen LogP contribution in [0, 0.1) is 0 Å². The Kier molecular flexibility index (Phi) is 2.93. The minimum atomic E-state index is -0.0630. The molecule has 0 aliphatic heterocycles. The Bertz CT molecular complexity index is 594. The summed E-state index contributed by atoms with van der Waals surface area (Å²) in [6.07, 6.45) is 3.30. The lowest BCUT2D eigenvalue weighted by atomic mass is 9.84. The minimum absolute atomic E-state index is 0.0630. The van der Waals surface area contributed by atoms with Crippen molar-refractivity contribution in [3.05, 3.63) is 18.0 Å². The number of nitrogens with two attached hydrogens (primary N) is 1. The monoisotopic (exact) mass is 260 g/mol. The number of hydrogen-bond acceptors (Lipinski definition) is 4. The molecule has 0 aromatic carbocycles. The van der Waals surface area contributed by atoms with Gasteiger partial charge in [-0.2, -0.15) is 4.98 Å². The van der Waals surface area contributed by atoms with Gasteiger partial charge in [-0.1, -0.05) is 13.3 Å². The number of ether oxygens (including phenoxy) is 1. The van der Waals surface area contributed by atoms with Crippen molar-refractivity contribution in [2.45, 2.75) is 44.6 Å². The van der Waals surface area contributed by atoms with Crippen LogP contribution in [-0.2, 0) is 5.41 Å². The van der Waals surface area contributed by atoms with Crippen molar-refractivity contribution in [1.82, 2.24) is 15.0 Å². The Morgan fingerprint density at radius 1 is 1.47 bits per heavy atom. The molecule has 2 heterocycles. The van der Waals surface area contributed by atoms with Gasteiger partial charge in [0.1, 0.15) is 5.82 Å². The smallest absolute Gasteiger partial charge is 0.215 e. The molecule has 0 amide bonds. The van der Waals surface area contributed by atoms with Crippen LogP contribution in [0.3, 0.4) is 0 Å². The summed E-state index contributed by atoms with van der Waals surface area (Å²) in [4.78, 5) is 12.4. The SMILES string of the molecule is CCOc1ccc2[nH]c(C3(C)CCCC3N)nc2n1. The number of H-pyrrole nitrogens is 1. The molecule has 19 heavy (non-hydrogen) atoms. The van der Waals surface area contributed by atoms with E-state index in [9.17, 15) is 0 Å². The van der Waals surface area contributed by atoms with Gasteiger partial charge in [0.2, 0.25) is 5.88 Å². The largest absolute Gasteiger partial charge is 0.478 e. The van der Waals surface area contributed by atoms with Crippen molar-refractivity contribution in [2.24, 2.45) is 5.73 Å². The second kappa shape index (κ2) is 4.49. The van der Waals surface area contributed by atoms with Gasteiger partial charge in [0.15, 0.2) is 5.65 Å². The number of pyridine rings is 1. The third-order valence-electron chi connectivity index (χ3n) is 4.18. The molecule has 1 aliphatic rings. The first-order valence-corrected chi connectivity index (χ1v) is 6.89. The van der Waals surface area contributed by atoms with Gasteiger partial charge in [0.05, 0.1) is 12.1 Å². The molecule has 0 spiro atoms. The molecule has 2 atom stereocenters. The topological polar surface area (TPSA) is 76.8 Å². The van der Waals surface area contributed by atoms with Crippen LogP contribution >= 0.6 is 0 Å². The van der Waals surface area contributed by atoms with E-state index in [2.05, 4.69) is 21.9 Å². The van der Waals surface area contributed by atoms with Crippen molar-refractivity contribution in [3.8, 4) is 5.88 Å². The third-order valence-corrected chi connectivity index (χ3v) is 4.18. The number of rotatable bonds is 3. The van der Waals surface area contributed by atoms with Gasteiger partial charge >= 0.3 is 0 Å². The lowest BCUT2D eigenvalue weighted by molar-refractivity contribution is 0.328. The zero-order valence-corrected chi connectivity index (χ0v) is 11.4. The highest BCUT2D eigenvalue weighted by Gasteiger charge is 2.40. The number of nitrogens with zero attached hydrogens (tertiary/aromatic N) is 2. The van der Waals surface area contributed by atoms with Crippen LogP contribution in [-0.4, -0.2) is 27.6 Å². The summed E-state index contributed by atoms with van der Waals surface area (Å²) in [5.41, 5.74) is 7.83. The molecular formula is C14H20N4O. The second-order valence-corrected chi connectivity index (χ2v) is 5.46. The highest BCUT2D eigenvalue weighted by atomic mass is 16.5. The van der Waals surface area contributed by atoms with E-state index in [-0.39, 0.29) is 11.5 Å². The van der Waals surface area contributed by atoms with Gasteiger partial charge in [0, 0.05) is 17.5 Å². The fraction of sp³-hybridized carbons (Fsp3) is 0.571. The van der Waals surface area contributed by atoms with E-state index in [1.807, 2.05) is 19.1 Å². The zero-order valence-electron chi connectivity index (χ0n) is 11.4. The van der Waals surface area contributed by atoms with Crippen LogP contribution in [0.2, 0.25) is 0 Å². The predicted octanol–water partition coefficient (Wildman–Crippen LogP) is 2.13. The van der Waals surface area contributed by atoms with Gasteiger partial charge < -0.3 is 15.5 Å². The molecule has 5 nitrogen and oxygen atoms in total. The maximum absolute atomic E-state index is 6.24. The molecule has 1 fully saturated rings. The fourth-order valence-electron chi connectivity index (χ4n) is 2.86. The first-order valence-electron chi connectivity index (χ1n) is 6.89. The second-order valence-electron chi connectivity index (χ2n) is 5.46. The Morgan fingerprint density at radius 2 is 2.32 bits per heavy atom. The number of hydrogen-bond donors (Lipinski definition) is 2. The summed E-state index contributed by atoms with van der Waals surface area (Å²) >= 11 is 0. The average Bonchev–Trinajstić information content (AvgIpc) is 2.95. The molecule has 0 radical (unpaired) electrons. The van der Waals surface area contributed by atoms with Crippen molar-refractivity contribution >= 4 is 11.2 Å². The van der Waals surface area contributed by atoms with Crippen LogP contribution in [0.25, 0.3) is 11.2 Å². The fourth-order valence-corrected chi connectivity index (χ4v) is 2.86. The van der Waals surface area contributed by atoms with Crippen molar-refractivity contribution in [1.29, 1.82) is 0 Å². The van der Waals surface area contributed by atoms with Crippen LogP contribution in [0.1, 0.15) is 38.9 Å². The molecule has 2 unspecified atom stereocenters. The van der Waals surface area contributed by atoms with Crippen molar-refractivity contribution in [2.75, 3.05) is 6.61 Å². The molecule has 3 rings (SSSR count). The Hall–Kier alpha value is -1.62. The Balaban J connectivity index is 2.01. The molecule has 1 aliphatic carbocycles. The molecule has 1 saturated carbocycles. The Morgan fingerprint density at radius 3 is 3.00 bits per heavy atom. The van der Waals surface area contributed by atoms with E-state index < -0.39 is 0 Å². The molecule has 2 aromatic heterocycles. The van der Waals surface area contributed by atoms with Gasteiger partial charge in [0.25, 0.3) is 0 Å². The van der Waals surface area contributed by atoms with E-state index >= 15 is 0 Å². The maximum atomic E-state index is 6.24. The summed E-state index contributed by atoms with van der Waals surface area (Å²) in [5, 5.41) is 0. The number of aromatic nitrogens is 3. The minimum Gasteiger partial charge on any atom is -0.478 e. The van der Waals surface area contributed by atoms with E-state index in [4.69, 9.17) is 10.5 Å². The average molecular weight is 260 g/mol. The van der Waals surface area contributed by atoms with E-state index in [1.165, 1.54) is 0 Å². The summed E-state index contributed by atoms with van der Waals surface area (Å²) in [5.74, 6) is 1.57. The highest BCUT2D eigenvalue weighted by molar-refractivity contribution is 5.71. The number of fused-ring (bicyclic) bond motifs is 1. The third kappa shape index (κ3) is 1.98.